The highest BCUT2D eigenvalue weighted by Gasteiger charge is 2.18. The molecule has 4 heterocycles. The summed E-state index contributed by atoms with van der Waals surface area (Å²) in [5.41, 5.74) is 4.27. The van der Waals surface area contributed by atoms with Gasteiger partial charge in [-0.1, -0.05) is 6.07 Å². The maximum Gasteiger partial charge on any atom is 0.238 e. The van der Waals surface area contributed by atoms with Gasteiger partial charge in [0.25, 0.3) is 0 Å². The Hall–Kier alpha value is -3.31. The molecule has 0 aliphatic carbocycles. The molecule has 1 saturated heterocycles. The number of ether oxygens (including phenoxy) is 1. The zero-order valence-electron chi connectivity index (χ0n) is 17.8. The fourth-order valence-electron chi connectivity index (χ4n) is 4.08. The lowest BCUT2D eigenvalue weighted by molar-refractivity contribution is 0.321. The fourth-order valence-corrected chi connectivity index (χ4v) is 4.63. The molecule has 1 aliphatic heterocycles. The van der Waals surface area contributed by atoms with Crippen LogP contribution in [0.5, 0.6) is 5.88 Å². The van der Waals surface area contributed by atoms with Gasteiger partial charge in [-0.15, -0.1) is 10.2 Å². The Morgan fingerprint density at radius 3 is 2.62 bits per heavy atom. The first-order valence-corrected chi connectivity index (χ1v) is 12.2. The summed E-state index contributed by atoms with van der Waals surface area (Å²) in [7, 11) is -2.04. The van der Waals surface area contributed by atoms with Crippen LogP contribution in [0.4, 0.5) is 5.69 Å². The van der Waals surface area contributed by atoms with Crippen LogP contribution in [0.25, 0.3) is 27.8 Å². The predicted octanol–water partition coefficient (Wildman–Crippen LogP) is 2.32. The highest BCUT2D eigenvalue weighted by molar-refractivity contribution is 7.92. The summed E-state index contributed by atoms with van der Waals surface area (Å²) in [4.78, 5) is 11.2. The summed E-state index contributed by atoms with van der Waals surface area (Å²) < 4.78 is 33.2. The molecule has 5 rings (SSSR count). The summed E-state index contributed by atoms with van der Waals surface area (Å²) in [6, 6.07) is 7.57. The summed E-state index contributed by atoms with van der Waals surface area (Å²) in [6.45, 7) is 2.87. The van der Waals surface area contributed by atoms with Crippen molar-refractivity contribution in [3.8, 4) is 17.0 Å². The van der Waals surface area contributed by atoms with Gasteiger partial charge in [0.05, 0.1) is 37.1 Å². The Kier molecular flexibility index (Phi) is 5.14. The molecule has 10 nitrogen and oxygen atoms in total. The molecule has 0 spiro atoms. The van der Waals surface area contributed by atoms with Crippen LogP contribution in [0, 0.1) is 0 Å². The van der Waals surface area contributed by atoms with E-state index in [-0.39, 0.29) is 11.6 Å². The van der Waals surface area contributed by atoms with Crippen molar-refractivity contribution in [1.82, 2.24) is 29.5 Å². The van der Waals surface area contributed by atoms with Crippen molar-refractivity contribution in [3.63, 3.8) is 0 Å². The zero-order chi connectivity index (χ0) is 22.3. The number of likely N-dealkylation sites (tertiary alicyclic amines) is 1. The topological polar surface area (TPSA) is 115 Å². The van der Waals surface area contributed by atoms with Crippen molar-refractivity contribution < 1.29 is 13.2 Å². The monoisotopic (exact) mass is 453 g/mol. The average Bonchev–Trinajstić information content (AvgIpc) is 3.43. The summed E-state index contributed by atoms with van der Waals surface area (Å²) in [5, 5.41) is 8.72. The number of benzene rings is 1. The van der Waals surface area contributed by atoms with Crippen LogP contribution in [0.15, 0.2) is 36.7 Å². The van der Waals surface area contributed by atoms with E-state index < -0.39 is 10.0 Å². The Labute approximate surface area is 185 Å². The molecule has 1 N–H and O–H groups in total. The van der Waals surface area contributed by atoms with Crippen molar-refractivity contribution >= 4 is 32.4 Å². The minimum atomic E-state index is -3.49. The Bertz CT molecular complexity index is 1410. The van der Waals surface area contributed by atoms with Crippen LogP contribution in [0.3, 0.4) is 0 Å². The van der Waals surface area contributed by atoms with Gasteiger partial charge in [-0.25, -0.2) is 13.4 Å². The first kappa shape index (κ1) is 20.6. The number of nitrogens with one attached hydrogen (secondary N) is 1. The molecule has 3 aromatic heterocycles. The number of pyridine rings is 1. The predicted molar refractivity (Wildman–Crippen MR) is 121 cm³/mol. The third-order valence-corrected chi connectivity index (χ3v) is 6.12. The van der Waals surface area contributed by atoms with Gasteiger partial charge in [0, 0.05) is 11.8 Å². The van der Waals surface area contributed by atoms with E-state index in [1.54, 1.807) is 18.5 Å². The number of aromatic nitrogens is 5. The number of sulfonamides is 1. The van der Waals surface area contributed by atoms with Crippen molar-refractivity contribution in [1.29, 1.82) is 0 Å². The van der Waals surface area contributed by atoms with Gasteiger partial charge in [-0.05, 0) is 49.7 Å². The van der Waals surface area contributed by atoms with E-state index in [9.17, 15) is 8.42 Å². The van der Waals surface area contributed by atoms with Crippen molar-refractivity contribution in [3.05, 3.63) is 42.5 Å². The van der Waals surface area contributed by atoms with Crippen LogP contribution < -0.4 is 9.46 Å². The van der Waals surface area contributed by atoms with Gasteiger partial charge >= 0.3 is 0 Å². The molecule has 0 bridgehead atoms. The maximum absolute atomic E-state index is 11.8. The van der Waals surface area contributed by atoms with E-state index in [1.807, 2.05) is 22.6 Å². The van der Waals surface area contributed by atoms with Gasteiger partial charge < -0.3 is 4.74 Å². The van der Waals surface area contributed by atoms with Crippen LogP contribution in [-0.2, 0) is 16.6 Å². The minimum Gasteiger partial charge on any atom is -0.480 e. The zero-order valence-corrected chi connectivity index (χ0v) is 18.6. The van der Waals surface area contributed by atoms with Gasteiger partial charge in [0.1, 0.15) is 5.69 Å². The van der Waals surface area contributed by atoms with Crippen LogP contribution in [0.1, 0.15) is 18.7 Å². The molecule has 32 heavy (non-hydrogen) atoms. The SMILES string of the molecule is COc1ncc(-c2ccc3ncc4nnc(CN5CCCC5)n4c3c2)cc1NS(C)(=O)=O. The number of hydrogen-bond acceptors (Lipinski definition) is 8. The largest absolute Gasteiger partial charge is 0.480 e. The number of rotatable bonds is 6. The smallest absolute Gasteiger partial charge is 0.238 e. The molecule has 0 unspecified atom stereocenters. The Balaban J connectivity index is 1.61. The molecule has 1 aliphatic rings. The molecule has 166 valence electrons. The first-order valence-electron chi connectivity index (χ1n) is 10.3. The quantitative estimate of drug-likeness (QED) is 0.473. The lowest BCUT2D eigenvalue weighted by Crippen LogP contribution is -2.20. The number of anilines is 1. The molecule has 0 amide bonds. The van der Waals surface area contributed by atoms with E-state index >= 15 is 0 Å². The van der Waals surface area contributed by atoms with E-state index in [2.05, 4.69) is 29.8 Å². The second-order valence-electron chi connectivity index (χ2n) is 7.91. The standard InChI is InChI=1S/C21H23N7O3S/c1-31-21-17(26-32(2,29)30)9-15(11-23-21)14-5-6-16-18(10-14)28-19(12-22-16)24-25-20(28)13-27-7-3-4-8-27/h5-6,9-12,26H,3-4,7-8,13H2,1-2H3. The molecule has 1 aromatic carbocycles. The van der Waals surface area contributed by atoms with E-state index in [0.717, 1.165) is 53.9 Å². The Morgan fingerprint density at radius 2 is 1.88 bits per heavy atom. The normalized spacial score (nSPS) is 14.9. The fraction of sp³-hybridized carbons (Fsp3) is 0.333. The molecule has 0 atom stereocenters. The summed E-state index contributed by atoms with van der Waals surface area (Å²) >= 11 is 0. The molecule has 0 saturated carbocycles. The third-order valence-electron chi connectivity index (χ3n) is 5.53. The number of fused-ring (bicyclic) bond motifs is 3. The maximum atomic E-state index is 11.8. The lowest BCUT2D eigenvalue weighted by Gasteiger charge is -2.14. The number of methoxy groups -OCH3 is 1. The second-order valence-corrected chi connectivity index (χ2v) is 9.66. The molecular weight excluding hydrogens is 430 g/mol. The minimum absolute atomic E-state index is 0.204. The highest BCUT2D eigenvalue weighted by Crippen LogP contribution is 2.30. The van der Waals surface area contributed by atoms with Crippen LogP contribution in [-0.4, -0.2) is 64.3 Å². The van der Waals surface area contributed by atoms with Crippen molar-refractivity contribution in [2.45, 2.75) is 19.4 Å². The second kappa shape index (κ2) is 7.99. The molecule has 4 aromatic rings. The van der Waals surface area contributed by atoms with Gasteiger partial charge in [-0.3, -0.25) is 19.0 Å². The number of hydrogen-bond donors (Lipinski definition) is 1. The molecule has 0 radical (unpaired) electrons. The lowest BCUT2D eigenvalue weighted by atomic mass is 10.1. The van der Waals surface area contributed by atoms with Crippen molar-refractivity contribution in [2.24, 2.45) is 0 Å². The van der Waals surface area contributed by atoms with Gasteiger partial charge in [0.2, 0.25) is 15.9 Å². The average molecular weight is 454 g/mol. The van der Waals surface area contributed by atoms with E-state index in [4.69, 9.17) is 4.74 Å². The summed E-state index contributed by atoms with van der Waals surface area (Å²) in [5.74, 6) is 1.08. The molecule has 1 fully saturated rings. The van der Waals surface area contributed by atoms with Crippen molar-refractivity contribution in [2.75, 3.05) is 31.2 Å². The van der Waals surface area contributed by atoms with E-state index in [0.29, 0.717) is 5.65 Å². The molecule has 11 heteroatoms. The van der Waals surface area contributed by atoms with E-state index in [1.165, 1.54) is 20.0 Å². The van der Waals surface area contributed by atoms with Crippen LogP contribution >= 0.6 is 0 Å². The van der Waals surface area contributed by atoms with Crippen LogP contribution in [0.2, 0.25) is 0 Å². The highest BCUT2D eigenvalue weighted by atomic mass is 32.2. The van der Waals surface area contributed by atoms with Gasteiger partial charge in [-0.2, -0.15) is 0 Å². The first-order chi connectivity index (χ1) is 15.4. The third kappa shape index (κ3) is 3.96. The number of nitrogens with zero attached hydrogens (tertiary/aromatic N) is 6. The summed E-state index contributed by atoms with van der Waals surface area (Å²) in [6.07, 6.45) is 6.88. The Morgan fingerprint density at radius 1 is 1.06 bits per heavy atom. The van der Waals surface area contributed by atoms with Gasteiger partial charge in [0.15, 0.2) is 11.5 Å². The molecular formula is C21H23N7O3S.